The van der Waals surface area contributed by atoms with Crippen molar-refractivity contribution in [1.29, 1.82) is 0 Å². The highest BCUT2D eigenvalue weighted by Crippen LogP contribution is 2.25. The molecule has 0 spiro atoms. The van der Waals surface area contributed by atoms with Crippen LogP contribution in [0.2, 0.25) is 0 Å². The van der Waals surface area contributed by atoms with Crippen molar-refractivity contribution in [3.63, 3.8) is 0 Å². The summed E-state index contributed by atoms with van der Waals surface area (Å²) in [5, 5.41) is 3.65. The molecule has 118 valence electrons. The number of carbonyl (C=O) groups excluding carboxylic acids is 1. The minimum Gasteiger partial charge on any atom is -0.437 e. The Bertz CT molecular complexity index is 1000. The van der Waals surface area contributed by atoms with Crippen molar-refractivity contribution in [3.8, 4) is 0 Å². The Kier molecular flexibility index (Phi) is 3.35. The maximum atomic E-state index is 13.7. The summed E-state index contributed by atoms with van der Waals surface area (Å²) in [6.07, 6.45) is 6.37. The number of anilines is 1. The second-order valence-corrected chi connectivity index (χ2v) is 5.23. The third-order valence-electron chi connectivity index (χ3n) is 3.63. The summed E-state index contributed by atoms with van der Waals surface area (Å²) in [5.41, 5.74) is 1.77. The number of H-pyrrole nitrogens is 1. The van der Waals surface area contributed by atoms with Gasteiger partial charge < -0.3 is 15.0 Å². The summed E-state index contributed by atoms with van der Waals surface area (Å²) in [7, 11) is 0. The van der Waals surface area contributed by atoms with Gasteiger partial charge in [-0.15, -0.1) is 0 Å². The number of hydrogen-bond acceptors (Lipinski definition) is 4. The lowest BCUT2D eigenvalue weighted by molar-refractivity contribution is -0.112. The predicted octanol–water partition coefficient (Wildman–Crippen LogP) is 3.60. The molecule has 24 heavy (non-hydrogen) atoms. The average molecular weight is 321 g/mol. The molecule has 0 fully saturated rings. The van der Waals surface area contributed by atoms with E-state index >= 15 is 0 Å². The fourth-order valence-electron chi connectivity index (χ4n) is 2.48. The highest BCUT2D eigenvalue weighted by atomic mass is 19.1. The number of benzene rings is 1. The number of carbonyl (C=O) groups is 1. The summed E-state index contributed by atoms with van der Waals surface area (Å²) in [5.74, 6) is -0.352. The summed E-state index contributed by atoms with van der Waals surface area (Å²) in [6, 6.07) is 9.90. The van der Waals surface area contributed by atoms with Crippen molar-refractivity contribution in [2.75, 3.05) is 5.32 Å². The number of nitrogens with zero attached hydrogens (tertiary/aromatic N) is 1. The molecule has 3 heterocycles. The van der Waals surface area contributed by atoms with Crippen LogP contribution in [0.15, 0.2) is 66.5 Å². The molecule has 0 bridgehead atoms. The molecule has 0 atom stereocenters. The maximum Gasteiger partial charge on any atom is 0.226 e. The summed E-state index contributed by atoms with van der Waals surface area (Å²) >= 11 is 0. The number of rotatable bonds is 3. The van der Waals surface area contributed by atoms with Crippen LogP contribution in [0.4, 0.5) is 10.1 Å². The van der Waals surface area contributed by atoms with Gasteiger partial charge >= 0.3 is 0 Å². The molecular formula is C18H12FN3O2. The van der Waals surface area contributed by atoms with E-state index in [-0.39, 0.29) is 23.1 Å². The van der Waals surface area contributed by atoms with Gasteiger partial charge in [-0.2, -0.15) is 0 Å². The third-order valence-corrected chi connectivity index (χ3v) is 3.63. The third kappa shape index (κ3) is 2.54. The van der Waals surface area contributed by atoms with Gasteiger partial charge in [0.1, 0.15) is 11.5 Å². The lowest BCUT2D eigenvalue weighted by Gasteiger charge is -2.08. The summed E-state index contributed by atoms with van der Waals surface area (Å²) in [6.45, 7) is 0. The first-order valence-corrected chi connectivity index (χ1v) is 7.30. The highest BCUT2D eigenvalue weighted by Gasteiger charge is 2.22. The number of allylic oxidation sites excluding steroid dienone is 1. The van der Waals surface area contributed by atoms with Crippen LogP contribution in [0.5, 0.6) is 0 Å². The first kappa shape index (κ1) is 14.2. The zero-order chi connectivity index (χ0) is 16.5. The zero-order valence-corrected chi connectivity index (χ0v) is 12.4. The average Bonchev–Trinajstić information content (AvgIpc) is 3.14. The van der Waals surface area contributed by atoms with Gasteiger partial charge in [0.2, 0.25) is 11.7 Å². The van der Waals surface area contributed by atoms with Crippen LogP contribution in [0.1, 0.15) is 5.56 Å². The van der Waals surface area contributed by atoms with Crippen molar-refractivity contribution < 1.29 is 13.9 Å². The van der Waals surface area contributed by atoms with Crippen molar-refractivity contribution in [2.24, 2.45) is 0 Å². The Hall–Kier alpha value is -3.41. The normalized spacial score (nSPS) is 15.6. The lowest BCUT2D eigenvalue weighted by Crippen LogP contribution is -2.01. The van der Waals surface area contributed by atoms with Crippen LogP contribution < -0.4 is 5.32 Å². The molecule has 4 rings (SSSR count). The number of ketones is 1. The van der Waals surface area contributed by atoms with E-state index in [1.54, 1.807) is 36.7 Å². The molecular weight excluding hydrogens is 309 g/mol. The molecule has 0 unspecified atom stereocenters. The number of aromatic amines is 1. The second kappa shape index (κ2) is 5.66. The summed E-state index contributed by atoms with van der Waals surface area (Å²) < 4.78 is 19.2. The van der Waals surface area contributed by atoms with E-state index < -0.39 is 5.82 Å². The van der Waals surface area contributed by atoms with Crippen LogP contribution in [0.3, 0.4) is 0 Å². The Labute approximate surface area is 136 Å². The molecule has 2 N–H and O–H groups in total. The molecule has 1 aromatic carbocycles. The molecule has 0 radical (unpaired) electrons. The van der Waals surface area contributed by atoms with Crippen LogP contribution >= 0.6 is 0 Å². The number of halogens is 1. The number of ether oxygens (including phenoxy) is 1. The van der Waals surface area contributed by atoms with E-state index in [0.29, 0.717) is 0 Å². The minimum atomic E-state index is -0.422. The van der Waals surface area contributed by atoms with Crippen molar-refractivity contribution in [3.05, 3.63) is 77.9 Å². The Morgan fingerprint density at radius 3 is 2.96 bits per heavy atom. The quantitative estimate of drug-likeness (QED) is 0.723. The van der Waals surface area contributed by atoms with Gasteiger partial charge in [-0.05, 0) is 30.3 Å². The fraction of sp³-hybridized carbons (Fsp3) is 0. The van der Waals surface area contributed by atoms with E-state index in [0.717, 1.165) is 16.6 Å². The van der Waals surface area contributed by atoms with E-state index in [1.807, 2.05) is 12.1 Å². The number of aromatic nitrogens is 2. The van der Waals surface area contributed by atoms with Crippen LogP contribution in [-0.4, -0.2) is 15.8 Å². The first-order chi connectivity index (χ1) is 11.7. The Morgan fingerprint density at radius 2 is 2.08 bits per heavy atom. The van der Waals surface area contributed by atoms with Crippen LogP contribution in [0, 0.1) is 5.82 Å². The van der Waals surface area contributed by atoms with E-state index in [1.165, 1.54) is 12.1 Å². The highest BCUT2D eigenvalue weighted by molar-refractivity contribution is 6.09. The van der Waals surface area contributed by atoms with E-state index in [9.17, 15) is 9.18 Å². The number of hydrogen-bond donors (Lipinski definition) is 2. The Morgan fingerprint density at radius 1 is 1.21 bits per heavy atom. The second-order valence-electron chi connectivity index (χ2n) is 5.23. The van der Waals surface area contributed by atoms with Gasteiger partial charge in [0, 0.05) is 23.3 Å². The minimum absolute atomic E-state index is 0.165. The molecule has 1 aliphatic rings. The standard InChI is InChI=1S/C18H12FN3O2/c19-13-5-1-2-6-14(13)22-17-9-15(23)16(24-17)8-11-10-21-18-12(11)4-3-7-20-18/h1-10,22H,(H,20,21). The zero-order valence-electron chi connectivity index (χ0n) is 12.4. The van der Waals surface area contributed by atoms with Crippen LogP contribution in [0.25, 0.3) is 17.1 Å². The van der Waals surface area contributed by atoms with Crippen LogP contribution in [-0.2, 0) is 9.53 Å². The summed E-state index contributed by atoms with van der Waals surface area (Å²) in [4.78, 5) is 19.3. The number of fused-ring (bicyclic) bond motifs is 1. The molecule has 0 saturated heterocycles. The molecule has 0 aliphatic carbocycles. The Balaban J connectivity index is 1.59. The van der Waals surface area contributed by atoms with Gasteiger partial charge in [-0.3, -0.25) is 4.79 Å². The van der Waals surface area contributed by atoms with Crippen molar-refractivity contribution >= 4 is 28.6 Å². The molecule has 6 heteroatoms. The molecule has 1 aliphatic heterocycles. The number of pyridine rings is 1. The monoisotopic (exact) mass is 321 g/mol. The van der Waals surface area contributed by atoms with Gasteiger partial charge in [0.15, 0.2) is 5.76 Å². The van der Waals surface area contributed by atoms with Gasteiger partial charge in [0.05, 0.1) is 11.8 Å². The van der Waals surface area contributed by atoms with Gasteiger partial charge in [-0.25, -0.2) is 9.37 Å². The molecule has 5 nitrogen and oxygen atoms in total. The largest absolute Gasteiger partial charge is 0.437 e. The maximum absolute atomic E-state index is 13.7. The van der Waals surface area contributed by atoms with E-state index in [2.05, 4.69) is 15.3 Å². The molecule has 3 aromatic rings. The predicted molar refractivity (Wildman–Crippen MR) is 88.3 cm³/mol. The first-order valence-electron chi connectivity index (χ1n) is 7.30. The number of nitrogens with one attached hydrogen (secondary N) is 2. The van der Waals surface area contributed by atoms with Gasteiger partial charge in [0.25, 0.3) is 0 Å². The van der Waals surface area contributed by atoms with Gasteiger partial charge in [-0.1, -0.05) is 12.1 Å². The van der Waals surface area contributed by atoms with Crippen molar-refractivity contribution in [2.45, 2.75) is 0 Å². The molecule has 0 amide bonds. The van der Waals surface area contributed by atoms with Crippen molar-refractivity contribution in [1.82, 2.24) is 9.97 Å². The van der Waals surface area contributed by atoms with E-state index in [4.69, 9.17) is 4.74 Å². The molecule has 0 saturated carbocycles. The SMILES string of the molecule is O=C1C=C(Nc2ccccc2F)OC1=Cc1c[nH]c2ncccc12. The lowest BCUT2D eigenvalue weighted by atomic mass is 10.2. The molecule has 2 aromatic heterocycles. The number of para-hydroxylation sites is 1. The fourth-order valence-corrected chi connectivity index (χ4v) is 2.48. The smallest absolute Gasteiger partial charge is 0.226 e. The topological polar surface area (TPSA) is 67.0 Å².